The van der Waals surface area contributed by atoms with Crippen LogP contribution < -0.4 is 0 Å². The van der Waals surface area contributed by atoms with E-state index in [2.05, 4.69) is 42.0 Å². The molecule has 1 N–H and O–H groups in total. The number of thioether (sulfide) groups is 1. The SMILES string of the molecule is CCCCCC=CSC=CCC=CCCCCC(=O)O. The minimum Gasteiger partial charge on any atom is -0.481 e. The van der Waals surface area contributed by atoms with Crippen LogP contribution in [0.15, 0.2) is 35.1 Å². The number of hydrogen-bond acceptors (Lipinski definition) is 2. The summed E-state index contributed by atoms with van der Waals surface area (Å²) in [4.78, 5) is 10.3. The second-order valence-electron chi connectivity index (χ2n) is 4.72. The van der Waals surface area contributed by atoms with E-state index >= 15 is 0 Å². The number of carboxylic acid groups (broad SMARTS) is 1. The molecule has 0 saturated carbocycles. The topological polar surface area (TPSA) is 37.3 Å². The van der Waals surface area contributed by atoms with E-state index in [1.807, 2.05) is 0 Å². The van der Waals surface area contributed by atoms with Gasteiger partial charge < -0.3 is 5.11 Å². The molecule has 0 spiro atoms. The maximum Gasteiger partial charge on any atom is 0.303 e. The van der Waals surface area contributed by atoms with E-state index in [-0.39, 0.29) is 6.42 Å². The molecule has 0 unspecified atom stereocenters. The van der Waals surface area contributed by atoms with Crippen molar-refractivity contribution in [2.24, 2.45) is 0 Å². The normalized spacial score (nSPS) is 12.1. The molecule has 20 heavy (non-hydrogen) atoms. The van der Waals surface area contributed by atoms with Crippen molar-refractivity contribution in [3.8, 4) is 0 Å². The molecule has 0 bridgehead atoms. The van der Waals surface area contributed by atoms with Crippen molar-refractivity contribution in [1.82, 2.24) is 0 Å². The molecule has 0 aromatic carbocycles. The molecule has 3 heteroatoms. The second-order valence-corrected chi connectivity index (χ2v) is 5.54. The number of aliphatic carboxylic acids is 1. The van der Waals surface area contributed by atoms with Crippen molar-refractivity contribution >= 4 is 17.7 Å². The molecule has 0 amide bonds. The predicted octanol–water partition coefficient (Wildman–Crippen LogP) is 5.92. The van der Waals surface area contributed by atoms with E-state index in [9.17, 15) is 4.79 Å². The first-order valence-corrected chi connectivity index (χ1v) is 8.54. The summed E-state index contributed by atoms with van der Waals surface area (Å²) in [5.74, 6) is -0.698. The average Bonchev–Trinajstić information content (AvgIpc) is 2.43. The minimum atomic E-state index is -0.698. The number of hydrogen-bond donors (Lipinski definition) is 1. The zero-order valence-corrected chi connectivity index (χ0v) is 13.4. The molecule has 0 rings (SSSR count). The molecule has 0 heterocycles. The Bertz CT molecular complexity index is 306. The van der Waals surface area contributed by atoms with E-state index in [1.54, 1.807) is 11.8 Å². The fraction of sp³-hybridized carbons (Fsp3) is 0.588. The van der Waals surface area contributed by atoms with Gasteiger partial charge in [-0.3, -0.25) is 4.79 Å². The van der Waals surface area contributed by atoms with Crippen molar-refractivity contribution in [3.05, 3.63) is 35.1 Å². The summed E-state index contributed by atoms with van der Waals surface area (Å²) >= 11 is 1.73. The smallest absolute Gasteiger partial charge is 0.303 e. The summed E-state index contributed by atoms with van der Waals surface area (Å²) in [5.41, 5.74) is 0. The van der Waals surface area contributed by atoms with Crippen molar-refractivity contribution in [2.75, 3.05) is 0 Å². The van der Waals surface area contributed by atoms with Crippen LogP contribution in [0.25, 0.3) is 0 Å². The minimum absolute atomic E-state index is 0.287. The maximum absolute atomic E-state index is 10.3. The third-order valence-electron chi connectivity index (χ3n) is 2.77. The van der Waals surface area contributed by atoms with E-state index in [4.69, 9.17) is 5.11 Å². The molecule has 0 aliphatic heterocycles. The van der Waals surface area contributed by atoms with Crippen molar-refractivity contribution in [2.45, 2.75) is 64.7 Å². The Labute approximate surface area is 128 Å². The van der Waals surface area contributed by atoms with Gasteiger partial charge in [-0.15, -0.1) is 11.8 Å². The predicted molar refractivity (Wildman–Crippen MR) is 89.9 cm³/mol. The van der Waals surface area contributed by atoms with Gasteiger partial charge in [-0.1, -0.05) is 44.1 Å². The first-order chi connectivity index (χ1) is 9.77. The van der Waals surface area contributed by atoms with Gasteiger partial charge in [0.1, 0.15) is 0 Å². The molecule has 0 saturated heterocycles. The van der Waals surface area contributed by atoms with Gasteiger partial charge in [-0.05, 0) is 49.3 Å². The maximum atomic E-state index is 10.3. The van der Waals surface area contributed by atoms with Crippen LogP contribution in [0.2, 0.25) is 0 Å². The van der Waals surface area contributed by atoms with Gasteiger partial charge in [-0.25, -0.2) is 0 Å². The molecular weight excluding hydrogens is 268 g/mol. The highest BCUT2D eigenvalue weighted by molar-refractivity contribution is 8.04. The van der Waals surface area contributed by atoms with Crippen molar-refractivity contribution in [3.63, 3.8) is 0 Å². The monoisotopic (exact) mass is 296 g/mol. The number of carboxylic acids is 1. The molecule has 0 atom stereocenters. The van der Waals surface area contributed by atoms with Crippen LogP contribution in [0.1, 0.15) is 64.7 Å². The van der Waals surface area contributed by atoms with E-state index in [1.165, 1.54) is 25.7 Å². The highest BCUT2D eigenvalue weighted by Gasteiger charge is 1.93. The lowest BCUT2D eigenvalue weighted by molar-refractivity contribution is -0.137. The Morgan fingerprint density at radius 1 is 0.950 bits per heavy atom. The van der Waals surface area contributed by atoms with Crippen LogP contribution in [0.3, 0.4) is 0 Å². The molecule has 0 aliphatic carbocycles. The summed E-state index contributed by atoms with van der Waals surface area (Å²) in [5, 5.41) is 12.8. The number of carbonyl (C=O) groups is 1. The lowest BCUT2D eigenvalue weighted by Gasteiger charge is -1.92. The quantitative estimate of drug-likeness (QED) is 0.338. The average molecular weight is 296 g/mol. The van der Waals surface area contributed by atoms with E-state index in [0.29, 0.717) is 0 Å². The summed E-state index contributed by atoms with van der Waals surface area (Å²) in [6.07, 6.45) is 17.7. The Balaban J connectivity index is 3.32. The first-order valence-electron chi connectivity index (χ1n) is 7.59. The standard InChI is InChI=1S/C17H28O2S/c1-2-3-4-9-12-15-20-16-13-10-7-5-6-8-11-14-17(18)19/h5,7,12-13,15-16H,2-4,6,8-11,14H2,1H3,(H,18,19). The highest BCUT2D eigenvalue weighted by Crippen LogP contribution is 2.08. The van der Waals surface area contributed by atoms with Crippen molar-refractivity contribution < 1.29 is 9.90 Å². The van der Waals surface area contributed by atoms with Gasteiger partial charge in [0.15, 0.2) is 0 Å². The number of rotatable bonds is 13. The Morgan fingerprint density at radius 2 is 1.65 bits per heavy atom. The molecule has 0 aliphatic rings. The van der Waals surface area contributed by atoms with E-state index < -0.39 is 5.97 Å². The van der Waals surface area contributed by atoms with Gasteiger partial charge >= 0.3 is 5.97 Å². The summed E-state index contributed by atoms with van der Waals surface area (Å²) < 4.78 is 0. The fourth-order valence-electron chi connectivity index (χ4n) is 1.62. The molecule has 114 valence electrons. The summed E-state index contributed by atoms with van der Waals surface area (Å²) in [6, 6.07) is 0. The third kappa shape index (κ3) is 17.0. The van der Waals surface area contributed by atoms with Crippen LogP contribution in [0.4, 0.5) is 0 Å². The zero-order chi connectivity index (χ0) is 14.9. The van der Waals surface area contributed by atoms with Gasteiger partial charge in [0.2, 0.25) is 0 Å². The van der Waals surface area contributed by atoms with Crippen LogP contribution in [0.5, 0.6) is 0 Å². The second kappa shape index (κ2) is 16.1. The largest absolute Gasteiger partial charge is 0.481 e. The van der Waals surface area contributed by atoms with E-state index in [0.717, 1.165) is 25.7 Å². The van der Waals surface area contributed by atoms with Gasteiger partial charge in [-0.2, -0.15) is 0 Å². The van der Waals surface area contributed by atoms with Crippen LogP contribution in [-0.2, 0) is 4.79 Å². The Hall–Kier alpha value is -0.960. The lowest BCUT2D eigenvalue weighted by atomic mass is 10.2. The Morgan fingerprint density at radius 3 is 2.40 bits per heavy atom. The van der Waals surface area contributed by atoms with Crippen LogP contribution in [-0.4, -0.2) is 11.1 Å². The first kappa shape index (κ1) is 19.0. The molecule has 0 aromatic heterocycles. The number of allylic oxidation sites excluding steroid dienone is 4. The molecule has 0 aromatic rings. The fourth-order valence-corrected chi connectivity index (χ4v) is 2.18. The lowest BCUT2D eigenvalue weighted by Crippen LogP contribution is -1.92. The summed E-state index contributed by atoms with van der Waals surface area (Å²) in [7, 11) is 0. The van der Waals surface area contributed by atoms with Crippen LogP contribution >= 0.6 is 11.8 Å². The number of unbranched alkanes of at least 4 members (excludes halogenated alkanes) is 5. The third-order valence-corrected chi connectivity index (χ3v) is 3.47. The van der Waals surface area contributed by atoms with Gasteiger partial charge in [0.25, 0.3) is 0 Å². The molecule has 0 fully saturated rings. The molecule has 0 radical (unpaired) electrons. The zero-order valence-electron chi connectivity index (χ0n) is 12.6. The molecule has 2 nitrogen and oxygen atoms in total. The van der Waals surface area contributed by atoms with Gasteiger partial charge in [0, 0.05) is 6.42 Å². The van der Waals surface area contributed by atoms with Crippen molar-refractivity contribution in [1.29, 1.82) is 0 Å². The molecular formula is C17H28O2S. The Kier molecular flexibility index (Phi) is 15.3. The summed E-state index contributed by atoms with van der Waals surface area (Å²) in [6.45, 7) is 2.22. The van der Waals surface area contributed by atoms with Crippen LogP contribution in [0, 0.1) is 0 Å². The van der Waals surface area contributed by atoms with Gasteiger partial charge in [0.05, 0.1) is 0 Å². The highest BCUT2D eigenvalue weighted by atomic mass is 32.2.